The highest BCUT2D eigenvalue weighted by Crippen LogP contribution is 2.19. The molecule has 4 rings (SSSR count). The van der Waals surface area contributed by atoms with Gasteiger partial charge in [-0.25, -0.2) is 14.2 Å². The van der Waals surface area contributed by atoms with Gasteiger partial charge >= 0.3 is 6.09 Å². The zero-order valence-corrected chi connectivity index (χ0v) is 18.4. The molecule has 3 aromatic rings. The minimum Gasteiger partial charge on any atom is -0.450 e. The Balaban J connectivity index is 1.58. The first kappa shape index (κ1) is 21.5. The van der Waals surface area contributed by atoms with Crippen LogP contribution in [-0.4, -0.2) is 74.1 Å². The topological polar surface area (TPSA) is 103 Å². The predicted molar refractivity (Wildman–Crippen MR) is 118 cm³/mol. The van der Waals surface area contributed by atoms with Crippen LogP contribution in [0.25, 0.3) is 16.6 Å². The van der Waals surface area contributed by atoms with Crippen LogP contribution in [0.15, 0.2) is 35.3 Å². The molecule has 0 saturated carbocycles. The number of amides is 2. The van der Waals surface area contributed by atoms with Gasteiger partial charge in [0.2, 0.25) is 5.91 Å². The maximum Gasteiger partial charge on any atom is 0.409 e. The van der Waals surface area contributed by atoms with Gasteiger partial charge in [0.1, 0.15) is 12.1 Å². The number of hydrogen-bond acceptors (Lipinski definition) is 6. The molecule has 0 spiro atoms. The van der Waals surface area contributed by atoms with Gasteiger partial charge in [0.15, 0.2) is 0 Å². The van der Waals surface area contributed by atoms with Crippen molar-refractivity contribution in [2.45, 2.75) is 27.3 Å². The number of carbonyl (C=O) groups excluding carboxylic acids is 2. The third-order valence-electron chi connectivity index (χ3n) is 5.65. The van der Waals surface area contributed by atoms with Gasteiger partial charge in [0.05, 0.1) is 24.2 Å². The quantitative estimate of drug-likeness (QED) is 0.612. The van der Waals surface area contributed by atoms with Crippen LogP contribution >= 0.6 is 0 Å². The number of aromatic nitrogens is 4. The van der Waals surface area contributed by atoms with Gasteiger partial charge in [-0.1, -0.05) is 18.2 Å². The molecule has 168 valence electrons. The van der Waals surface area contributed by atoms with Crippen LogP contribution in [0.2, 0.25) is 0 Å². The number of nitrogens with zero attached hydrogens (tertiary/aromatic N) is 6. The van der Waals surface area contributed by atoms with E-state index in [0.717, 1.165) is 11.3 Å². The zero-order chi connectivity index (χ0) is 22.8. The second-order valence-corrected chi connectivity index (χ2v) is 7.72. The van der Waals surface area contributed by atoms with Crippen molar-refractivity contribution < 1.29 is 14.3 Å². The Labute approximate surface area is 185 Å². The van der Waals surface area contributed by atoms with E-state index in [1.165, 1.54) is 4.68 Å². The van der Waals surface area contributed by atoms with Crippen molar-refractivity contribution in [3.63, 3.8) is 0 Å². The molecule has 1 aliphatic rings. The fourth-order valence-electron chi connectivity index (χ4n) is 3.89. The summed E-state index contributed by atoms with van der Waals surface area (Å²) >= 11 is 0. The lowest BCUT2D eigenvalue weighted by atomic mass is 10.2. The molecule has 10 nitrogen and oxygen atoms in total. The molecule has 0 bridgehead atoms. The van der Waals surface area contributed by atoms with Crippen LogP contribution in [0.1, 0.15) is 18.2 Å². The van der Waals surface area contributed by atoms with E-state index >= 15 is 0 Å². The molecular formula is C22H26N6O4. The molecular weight excluding hydrogens is 412 g/mol. The zero-order valence-electron chi connectivity index (χ0n) is 18.4. The van der Waals surface area contributed by atoms with Crippen LogP contribution in [0.4, 0.5) is 4.79 Å². The van der Waals surface area contributed by atoms with Crippen LogP contribution in [-0.2, 0) is 16.1 Å². The lowest BCUT2D eigenvalue weighted by Gasteiger charge is -2.34. The molecule has 2 amide bonds. The summed E-state index contributed by atoms with van der Waals surface area (Å²) < 4.78 is 7.83. The molecule has 1 aliphatic heterocycles. The van der Waals surface area contributed by atoms with Crippen LogP contribution < -0.4 is 5.56 Å². The molecule has 0 radical (unpaired) electrons. The SMILES string of the molecule is CCOC(=O)N1CCN(C(=O)Cn2nc(C)c3cnn(-c4ccccc4C)c3c2=O)CC1. The Morgan fingerprint density at radius 2 is 1.75 bits per heavy atom. The molecule has 10 heteroatoms. The third-order valence-corrected chi connectivity index (χ3v) is 5.65. The Bertz CT molecular complexity index is 1220. The highest BCUT2D eigenvalue weighted by Gasteiger charge is 2.26. The minimum atomic E-state index is -0.372. The highest BCUT2D eigenvalue weighted by atomic mass is 16.6. The first-order valence-corrected chi connectivity index (χ1v) is 10.6. The average molecular weight is 438 g/mol. The summed E-state index contributed by atoms with van der Waals surface area (Å²) in [7, 11) is 0. The van der Waals surface area contributed by atoms with Crippen molar-refractivity contribution in [1.82, 2.24) is 29.4 Å². The lowest BCUT2D eigenvalue weighted by Crippen LogP contribution is -2.51. The van der Waals surface area contributed by atoms with E-state index < -0.39 is 0 Å². The fourth-order valence-corrected chi connectivity index (χ4v) is 3.89. The van der Waals surface area contributed by atoms with Gasteiger partial charge in [-0.2, -0.15) is 10.2 Å². The van der Waals surface area contributed by atoms with Crippen molar-refractivity contribution in [2.24, 2.45) is 0 Å². The molecule has 1 saturated heterocycles. The Morgan fingerprint density at radius 3 is 2.44 bits per heavy atom. The van der Waals surface area contributed by atoms with Crippen LogP contribution in [0, 0.1) is 13.8 Å². The van der Waals surface area contributed by atoms with Crippen molar-refractivity contribution >= 4 is 22.9 Å². The summed E-state index contributed by atoms with van der Waals surface area (Å²) in [6, 6.07) is 7.67. The predicted octanol–water partition coefficient (Wildman–Crippen LogP) is 1.50. The van der Waals surface area contributed by atoms with Gasteiger partial charge in [-0.05, 0) is 32.4 Å². The van der Waals surface area contributed by atoms with Crippen LogP contribution in [0.5, 0.6) is 0 Å². The highest BCUT2D eigenvalue weighted by molar-refractivity contribution is 5.82. The van der Waals surface area contributed by atoms with Gasteiger partial charge in [0.25, 0.3) is 5.56 Å². The summed E-state index contributed by atoms with van der Waals surface area (Å²) in [5, 5.41) is 9.43. The van der Waals surface area contributed by atoms with Gasteiger partial charge < -0.3 is 14.5 Å². The smallest absolute Gasteiger partial charge is 0.409 e. The maximum atomic E-state index is 13.3. The number of fused-ring (bicyclic) bond motifs is 1. The minimum absolute atomic E-state index is 0.173. The number of benzene rings is 1. The normalized spacial score (nSPS) is 14.1. The van der Waals surface area contributed by atoms with Crippen LogP contribution in [0.3, 0.4) is 0 Å². The maximum absolute atomic E-state index is 13.3. The molecule has 3 heterocycles. The van der Waals surface area contributed by atoms with Crippen molar-refractivity contribution in [1.29, 1.82) is 0 Å². The summed E-state index contributed by atoms with van der Waals surface area (Å²) in [6.45, 7) is 7.20. The number of carbonyl (C=O) groups is 2. The van der Waals surface area contributed by atoms with Crippen molar-refractivity contribution in [3.8, 4) is 5.69 Å². The number of hydrogen-bond donors (Lipinski definition) is 0. The van der Waals surface area contributed by atoms with E-state index in [1.807, 2.05) is 31.2 Å². The summed E-state index contributed by atoms with van der Waals surface area (Å²) in [4.78, 5) is 41.2. The number of ether oxygens (including phenoxy) is 1. The number of para-hydroxylation sites is 1. The number of aryl methyl sites for hydroxylation is 2. The Kier molecular flexibility index (Phi) is 5.93. The van der Waals surface area contributed by atoms with Gasteiger partial charge in [-0.3, -0.25) is 9.59 Å². The second kappa shape index (κ2) is 8.81. The summed E-state index contributed by atoms with van der Waals surface area (Å²) in [5.41, 5.74) is 2.43. The molecule has 0 aliphatic carbocycles. The van der Waals surface area contributed by atoms with E-state index in [9.17, 15) is 14.4 Å². The Morgan fingerprint density at radius 1 is 1.06 bits per heavy atom. The average Bonchev–Trinajstić information content (AvgIpc) is 3.23. The van der Waals surface area contributed by atoms with Gasteiger partial charge in [-0.15, -0.1) is 0 Å². The van der Waals surface area contributed by atoms with Crippen molar-refractivity contribution in [2.75, 3.05) is 32.8 Å². The van der Waals surface area contributed by atoms with E-state index in [-0.39, 0.29) is 24.1 Å². The summed E-state index contributed by atoms with van der Waals surface area (Å²) in [5.74, 6) is -0.219. The second-order valence-electron chi connectivity index (χ2n) is 7.72. The molecule has 1 aromatic carbocycles. The number of rotatable bonds is 4. The summed E-state index contributed by atoms with van der Waals surface area (Å²) in [6.07, 6.45) is 1.26. The van der Waals surface area contributed by atoms with E-state index in [2.05, 4.69) is 10.2 Å². The molecule has 1 fully saturated rings. The largest absolute Gasteiger partial charge is 0.450 e. The molecule has 0 N–H and O–H groups in total. The number of piperazine rings is 1. The van der Waals surface area contributed by atoms with E-state index in [1.54, 1.807) is 34.5 Å². The Hall–Kier alpha value is -3.69. The fraction of sp³-hybridized carbons (Fsp3) is 0.409. The molecule has 0 atom stereocenters. The monoisotopic (exact) mass is 438 g/mol. The molecule has 2 aromatic heterocycles. The van der Waals surface area contributed by atoms with Crippen molar-refractivity contribution in [3.05, 3.63) is 52.1 Å². The first-order valence-electron chi connectivity index (χ1n) is 10.6. The first-order chi connectivity index (χ1) is 15.4. The van der Waals surface area contributed by atoms with E-state index in [0.29, 0.717) is 49.4 Å². The molecule has 32 heavy (non-hydrogen) atoms. The van der Waals surface area contributed by atoms with E-state index in [4.69, 9.17) is 4.74 Å². The molecule has 0 unspecified atom stereocenters. The van der Waals surface area contributed by atoms with Gasteiger partial charge in [0, 0.05) is 31.6 Å². The lowest BCUT2D eigenvalue weighted by molar-refractivity contribution is -0.133. The third kappa shape index (κ3) is 3.95. The standard InChI is InChI=1S/C22H26N6O4/c1-4-32-22(31)26-11-9-25(10-12-26)19(29)14-27-21(30)20-17(16(3)24-27)13-23-28(20)18-8-6-5-7-15(18)2/h5-8,13H,4,9-12,14H2,1-3H3.